The zero-order valence-electron chi connectivity index (χ0n) is 21.2. The Labute approximate surface area is 215 Å². The van der Waals surface area contributed by atoms with E-state index in [4.69, 9.17) is 0 Å². The van der Waals surface area contributed by atoms with Crippen LogP contribution in [0.4, 0.5) is 5.69 Å². The van der Waals surface area contributed by atoms with E-state index in [1.807, 2.05) is 6.92 Å². The lowest BCUT2D eigenvalue weighted by Gasteiger charge is -2.56. The van der Waals surface area contributed by atoms with Gasteiger partial charge in [-0.15, -0.1) is 0 Å². The quantitative estimate of drug-likeness (QED) is 0.412. The number of carbonyl (C=O) groups excluding carboxylic acids is 1. The Morgan fingerprint density at radius 3 is 2.16 bits per heavy atom. The summed E-state index contributed by atoms with van der Waals surface area (Å²) in [5.74, 6) is 1.40. The minimum absolute atomic E-state index is 0.105. The average Bonchev–Trinajstić information content (AvgIpc) is 3.48. The maximum Gasteiger partial charge on any atom is 0.320 e. The van der Waals surface area contributed by atoms with E-state index in [2.05, 4.69) is 10.2 Å². The second kappa shape index (κ2) is 8.62. The highest BCUT2D eigenvalue weighted by Gasteiger charge is 2.53. The fraction of sp³-hybridized carbons (Fsp3) is 0.708. The summed E-state index contributed by atoms with van der Waals surface area (Å²) < 4.78 is 31.1. The smallest absolute Gasteiger partial charge is 0.320 e. The number of amides is 1. The van der Waals surface area contributed by atoms with Crippen LogP contribution in [0.1, 0.15) is 61.6 Å². The minimum Gasteiger partial charge on any atom is -0.334 e. The summed E-state index contributed by atoms with van der Waals surface area (Å²) in [7, 11) is -3.76. The van der Waals surface area contributed by atoms with Crippen molar-refractivity contribution < 1.29 is 18.1 Å². The molecule has 4 aliphatic carbocycles. The third-order valence-electron chi connectivity index (χ3n) is 8.96. The highest BCUT2D eigenvalue weighted by Crippen LogP contribution is 2.58. The average molecular weight is 532 g/mol. The van der Waals surface area contributed by atoms with Gasteiger partial charge in [0.2, 0.25) is 15.7 Å². The van der Waals surface area contributed by atoms with E-state index in [-0.39, 0.29) is 48.0 Å². The molecule has 0 unspecified atom stereocenters. The first-order chi connectivity index (χ1) is 17.6. The van der Waals surface area contributed by atoms with Gasteiger partial charge in [0, 0.05) is 38.9 Å². The number of aromatic nitrogens is 4. The van der Waals surface area contributed by atoms with Crippen LogP contribution in [0.25, 0.3) is 0 Å². The molecule has 7 rings (SSSR count). The summed E-state index contributed by atoms with van der Waals surface area (Å²) in [4.78, 5) is 26.5. The Morgan fingerprint density at radius 2 is 1.65 bits per heavy atom. The zero-order chi connectivity index (χ0) is 26.1. The van der Waals surface area contributed by atoms with Crippen molar-refractivity contribution in [2.45, 2.75) is 69.4 Å². The van der Waals surface area contributed by atoms with Crippen LogP contribution in [-0.4, -0.2) is 74.2 Å². The van der Waals surface area contributed by atoms with Gasteiger partial charge >= 0.3 is 5.69 Å². The van der Waals surface area contributed by atoms with Crippen molar-refractivity contribution in [2.75, 3.05) is 26.2 Å². The maximum absolute atomic E-state index is 13.5. The number of sulfonamides is 1. The first-order valence-corrected chi connectivity index (χ1v) is 14.6. The maximum atomic E-state index is 13.5. The standard InChI is InChI=1S/C24H33N7O5S/c1-3-28-15-21(16(2)25-28)37(35,36)29-6-4-27(5-7-29)23(32)22-20(31(33)34)14-30(26-22)24-11-17-8-18(12-24)10-19(9-17)13-24/h14-15,17-19H,3-13H2,1-2H3. The lowest BCUT2D eigenvalue weighted by molar-refractivity contribution is -0.385. The molecule has 4 saturated carbocycles. The van der Waals surface area contributed by atoms with Crippen LogP contribution in [0.2, 0.25) is 0 Å². The summed E-state index contributed by atoms with van der Waals surface area (Å²) in [6.45, 7) is 4.60. The highest BCUT2D eigenvalue weighted by molar-refractivity contribution is 7.89. The number of rotatable bonds is 6. The fourth-order valence-electron chi connectivity index (χ4n) is 7.57. The molecule has 5 aliphatic rings. The molecule has 13 heteroatoms. The normalized spacial score (nSPS) is 29.7. The Morgan fingerprint density at radius 1 is 1.05 bits per heavy atom. The molecule has 37 heavy (non-hydrogen) atoms. The van der Waals surface area contributed by atoms with Crippen molar-refractivity contribution in [2.24, 2.45) is 17.8 Å². The summed E-state index contributed by atoms with van der Waals surface area (Å²) in [5.41, 5.74) is -0.201. The number of hydrogen-bond donors (Lipinski definition) is 0. The summed E-state index contributed by atoms with van der Waals surface area (Å²) in [6, 6.07) is 0. The molecule has 0 radical (unpaired) electrons. The summed E-state index contributed by atoms with van der Waals surface area (Å²) >= 11 is 0. The predicted octanol–water partition coefficient (Wildman–Crippen LogP) is 2.39. The Bertz CT molecular complexity index is 1320. The van der Waals surface area contributed by atoms with Gasteiger partial charge in [-0.25, -0.2) is 8.42 Å². The van der Waals surface area contributed by atoms with E-state index < -0.39 is 20.9 Å². The second-order valence-corrected chi connectivity index (χ2v) is 13.2. The van der Waals surface area contributed by atoms with Crippen molar-refractivity contribution in [1.29, 1.82) is 0 Å². The van der Waals surface area contributed by atoms with Crippen LogP contribution in [0.15, 0.2) is 17.3 Å². The van der Waals surface area contributed by atoms with Crippen LogP contribution >= 0.6 is 0 Å². The molecule has 0 spiro atoms. The molecule has 3 heterocycles. The van der Waals surface area contributed by atoms with E-state index in [0.29, 0.717) is 30.0 Å². The first-order valence-electron chi connectivity index (χ1n) is 13.2. The fourth-order valence-corrected chi connectivity index (χ4v) is 9.17. The van der Waals surface area contributed by atoms with Gasteiger partial charge in [-0.1, -0.05) is 0 Å². The van der Waals surface area contributed by atoms with Crippen molar-refractivity contribution >= 4 is 21.6 Å². The molecule has 1 saturated heterocycles. The Hall–Kier alpha value is -2.80. The Balaban J connectivity index is 1.21. The molecule has 4 bridgehead atoms. The van der Waals surface area contributed by atoms with Gasteiger partial charge in [0.1, 0.15) is 11.1 Å². The predicted molar refractivity (Wildman–Crippen MR) is 132 cm³/mol. The molecule has 1 aliphatic heterocycles. The number of nitrogens with zero attached hydrogens (tertiary/aromatic N) is 7. The molecular weight excluding hydrogens is 498 g/mol. The van der Waals surface area contributed by atoms with Crippen molar-refractivity contribution in [3.05, 3.63) is 33.9 Å². The van der Waals surface area contributed by atoms with Crippen LogP contribution in [-0.2, 0) is 22.1 Å². The van der Waals surface area contributed by atoms with Gasteiger partial charge in [-0.2, -0.15) is 14.5 Å². The molecule has 200 valence electrons. The number of aryl methyl sites for hydroxylation is 2. The van der Waals surface area contributed by atoms with Crippen LogP contribution in [0, 0.1) is 34.8 Å². The second-order valence-electron chi connectivity index (χ2n) is 11.3. The number of hydrogen-bond acceptors (Lipinski definition) is 7. The lowest BCUT2D eigenvalue weighted by Crippen LogP contribution is -2.52. The summed E-state index contributed by atoms with van der Waals surface area (Å²) in [5, 5.41) is 20.8. The number of nitro groups is 1. The van der Waals surface area contributed by atoms with Crippen molar-refractivity contribution in [3.63, 3.8) is 0 Å². The third-order valence-corrected chi connectivity index (χ3v) is 11.0. The zero-order valence-corrected chi connectivity index (χ0v) is 22.1. The highest BCUT2D eigenvalue weighted by atomic mass is 32.2. The SMILES string of the molecule is CCn1cc(S(=O)(=O)N2CCN(C(=O)c3nn(C45CC6CC(CC(C6)C4)C5)cc3[N+](=O)[O-])CC2)c(C)n1. The molecule has 1 amide bonds. The topological polar surface area (TPSA) is 136 Å². The molecule has 2 aromatic rings. The van der Waals surface area contributed by atoms with Gasteiger partial charge in [0.15, 0.2) is 0 Å². The van der Waals surface area contributed by atoms with Crippen LogP contribution in [0.3, 0.4) is 0 Å². The first kappa shape index (κ1) is 24.5. The molecule has 2 aromatic heterocycles. The monoisotopic (exact) mass is 531 g/mol. The molecule has 0 atom stereocenters. The van der Waals surface area contributed by atoms with Gasteiger partial charge in [-0.3, -0.25) is 24.3 Å². The third kappa shape index (κ3) is 3.97. The van der Waals surface area contributed by atoms with E-state index in [1.165, 1.54) is 40.9 Å². The molecule has 0 aromatic carbocycles. The van der Waals surface area contributed by atoms with E-state index in [0.717, 1.165) is 19.3 Å². The van der Waals surface area contributed by atoms with E-state index in [1.54, 1.807) is 16.3 Å². The number of piperazine rings is 1. The molecular formula is C24H33N7O5S. The van der Waals surface area contributed by atoms with E-state index in [9.17, 15) is 23.3 Å². The van der Waals surface area contributed by atoms with Crippen LogP contribution < -0.4 is 0 Å². The van der Waals surface area contributed by atoms with E-state index >= 15 is 0 Å². The molecule has 5 fully saturated rings. The molecule has 12 nitrogen and oxygen atoms in total. The van der Waals surface area contributed by atoms with Gasteiger partial charge in [0.05, 0.1) is 16.2 Å². The van der Waals surface area contributed by atoms with Gasteiger partial charge in [-0.05, 0) is 70.1 Å². The van der Waals surface area contributed by atoms with Gasteiger partial charge in [0.25, 0.3) is 5.91 Å². The minimum atomic E-state index is -3.76. The van der Waals surface area contributed by atoms with Gasteiger partial charge < -0.3 is 4.90 Å². The Kier molecular flexibility index (Phi) is 5.71. The summed E-state index contributed by atoms with van der Waals surface area (Å²) in [6.07, 6.45) is 9.61. The largest absolute Gasteiger partial charge is 0.334 e. The lowest BCUT2D eigenvalue weighted by atomic mass is 9.53. The number of carbonyl (C=O) groups is 1. The van der Waals surface area contributed by atoms with Crippen molar-refractivity contribution in [3.8, 4) is 0 Å². The van der Waals surface area contributed by atoms with Crippen molar-refractivity contribution in [1.82, 2.24) is 28.8 Å². The molecule has 0 N–H and O–H groups in total. The van der Waals surface area contributed by atoms with Crippen LogP contribution in [0.5, 0.6) is 0 Å².